The molecule has 1 saturated heterocycles. The van der Waals surface area contributed by atoms with E-state index in [2.05, 4.69) is 28.7 Å². The Morgan fingerprint density at radius 2 is 2.07 bits per heavy atom. The van der Waals surface area contributed by atoms with E-state index in [-0.39, 0.29) is 17.7 Å². The van der Waals surface area contributed by atoms with Gasteiger partial charge in [-0.15, -0.1) is 0 Å². The van der Waals surface area contributed by atoms with Gasteiger partial charge >= 0.3 is 0 Å². The maximum Gasteiger partial charge on any atom is 0.224 e. The number of carbonyl (C=O) groups is 1. The molecule has 0 saturated carbocycles. The van der Waals surface area contributed by atoms with Gasteiger partial charge in [0.05, 0.1) is 0 Å². The second kappa shape index (κ2) is 9.48. The summed E-state index contributed by atoms with van der Waals surface area (Å²) in [5.74, 6) is 0.924. The van der Waals surface area contributed by atoms with Crippen LogP contribution in [0.4, 0.5) is 10.2 Å². The highest BCUT2D eigenvalue weighted by molar-refractivity contribution is 5.76. The number of piperazine rings is 1. The van der Waals surface area contributed by atoms with Crippen molar-refractivity contribution in [2.75, 3.05) is 24.5 Å². The van der Waals surface area contributed by atoms with Crippen LogP contribution in [0, 0.1) is 5.82 Å². The summed E-state index contributed by atoms with van der Waals surface area (Å²) in [6.45, 7) is 6.24. The number of benzene rings is 1. The predicted octanol–water partition coefficient (Wildman–Crippen LogP) is 4.03. The minimum absolute atomic E-state index is 0.105. The molecule has 2 aromatic rings. The molecule has 1 aromatic heterocycles. The molecule has 1 unspecified atom stereocenters. The molecule has 0 spiro atoms. The molecule has 3 rings (SSSR count). The van der Waals surface area contributed by atoms with E-state index in [0.29, 0.717) is 37.8 Å². The number of ether oxygens (including phenoxy) is 1. The summed E-state index contributed by atoms with van der Waals surface area (Å²) in [5.41, 5.74) is 0. The van der Waals surface area contributed by atoms with Crippen molar-refractivity contribution in [1.82, 2.24) is 14.9 Å². The standard InChI is InChI=1S/C21H27FN4O2/c1-3-4-5-10-21(27)26-12-11-25(14-16(26)2)19-13-20(24-15-23-19)28-18-9-7-6-8-17(18)22/h6-9,13,15-16H,3-5,10-12,14H2,1-2H3. The van der Waals surface area contributed by atoms with Crippen LogP contribution in [0.1, 0.15) is 39.5 Å². The molecule has 7 heteroatoms. The highest BCUT2D eigenvalue weighted by Crippen LogP contribution is 2.25. The topological polar surface area (TPSA) is 58.6 Å². The number of amides is 1. The number of halogens is 1. The van der Waals surface area contributed by atoms with Gasteiger partial charge in [0.1, 0.15) is 12.1 Å². The third kappa shape index (κ3) is 4.97. The van der Waals surface area contributed by atoms with Crippen LogP contribution in [-0.2, 0) is 4.79 Å². The van der Waals surface area contributed by atoms with Crippen LogP contribution in [0.3, 0.4) is 0 Å². The summed E-state index contributed by atoms with van der Waals surface area (Å²) >= 11 is 0. The average Bonchev–Trinajstić information content (AvgIpc) is 2.70. The number of aromatic nitrogens is 2. The van der Waals surface area contributed by atoms with Crippen molar-refractivity contribution in [2.45, 2.75) is 45.6 Å². The maximum atomic E-state index is 13.8. The second-order valence-corrected chi connectivity index (χ2v) is 7.09. The summed E-state index contributed by atoms with van der Waals surface area (Å²) < 4.78 is 19.4. The van der Waals surface area contributed by atoms with Crippen LogP contribution >= 0.6 is 0 Å². The summed E-state index contributed by atoms with van der Waals surface area (Å²) in [7, 11) is 0. The van der Waals surface area contributed by atoms with E-state index in [0.717, 1.165) is 19.3 Å². The molecule has 28 heavy (non-hydrogen) atoms. The lowest BCUT2D eigenvalue weighted by Crippen LogP contribution is -2.54. The number of nitrogens with zero attached hydrogens (tertiary/aromatic N) is 4. The maximum absolute atomic E-state index is 13.8. The van der Waals surface area contributed by atoms with Crippen LogP contribution in [0.2, 0.25) is 0 Å². The first kappa shape index (κ1) is 20.0. The van der Waals surface area contributed by atoms with E-state index in [9.17, 15) is 9.18 Å². The van der Waals surface area contributed by atoms with Crippen LogP contribution in [0.5, 0.6) is 11.6 Å². The number of anilines is 1. The lowest BCUT2D eigenvalue weighted by atomic mass is 10.1. The van der Waals surface area contributed by atoms with Crippen LogP contribution in [0.15, 0.2) is 36.7 Å². The number of para-hydroxylation sites is 1. The van der Waals surface area contributed by atoms with Gasteiger partial charge in [-0.25, -0.2) is 14.4 Å². The molecule has 1 fully saturated rings. The molecule has 150 valence electrons. The minimum Gasteiger partial charge on any atom is -0.436 e. The van der Waals surface area contributed by atoms with Crippen molar-refractivity contribution in [3.8, 4) is 11.6 Å². The van der Waals surface area contributed by atoms with Gasteiger partial charge in [-0.2, -0.15) is 0 Å². The van der Waals surface area contributed by atoms with Gasteiger partial charge in [-0.05, 0) is 25.5 Å². The fraction of sp³-hybridized carbons (Fsp3) is 0.476. The molecule has 1 aromatic carbocycles. The first-order valence-corrected chi connectivity index (χ1v) is 9.87. The Hall–Kier alpha value is -2.70. The van der Waals surface area contributed by atoms with Gasteiger partial charge in [-0.3, -0.25) is 4.79 Å². The van der Waals surface area contributed by atoms with Crippen LogP contribution in [-0.4, -0.2) is 46.5 Å². The third-order valence-electron chi connectivity index (χ3n) is 4.94. The van der Waals surface area contributed by atoms with E-state index in [1.165, 1.54) is 12.4 Å². The lowest BCUT2D eigenvalue weighted by Gasteiger charge is -2.40. The molecule has 0 N–H and O–H groups in total. The largest absolute Gasteiger partial charge is 0.436 e. The molecular formula is C21H27FN4O2. The van der Waals surface area contributed by atoms with Crippen molar-refractivity contribution in [3.05, 3.63) is 42.5 Å². The molecule has 1 aliphatic rings. The van der Waals surface area contributed by atoms with Crippen LogP contribution < -0.4 is 9.64 Å². The fourth-order valence-corrected chi connectivity index (χ4v) is 3.40. The van der Waals surface area contributed by atoms with Crippen molar-refractivity contribution in [3.63, 3.8) is 0 Å². The second-order valence-electron chi connectivity index (χ2n) is 7.09. The predicted molar refractivity (Wildman–Crippen MR) is 106 cm³/mol. The van der Waals surface area contributed by atoms with E-state index < -0.39 is 5.82 Å². The molecule has 0 bridgehead atoms. The lowest BCUT2D eigenvalue weighted by molar-refractivity contribution is -0.133. The molecule has 0 aliphatic carbocycles. The Kier molecular flexibility index (Phi) is 6.79. The molecular weight excluding hydrogens is 359 g/mol. The molecule has 6 nitrogen and oxygen atoms in total. The van der Waals surface area contributed by atoms with Crippen molar-refractivity contribution in [1.29, 1.82) is 0 Å². The number of carbonyl (C=O) groups excluding carboxylic acids is 1. The molecule has 0 radical (unpaired) electrons. The van der Waals surface area contributed by atoms with Crippen molar-refractivity contribution >= 4 is 11.7 Å². The number of hydrogen-bond donors (Lipinski definition) is 0. The average molecular weight is 386 g/mol. The summed E-state index contributed by atoms with van der Waals surface area (Å²) in [5, 5.41) is 0. The van der Waals surface area contributed by atoms with Crippen LogP contribution in [0.25, 0.3) is 0 Å². The third-order valence-corrected chi connectivity index (χ3v) is 4.94. The summed E-state index contributed by atoms with van der Waals surface area (Å²) in [6.07, 6.45) is 5.18. The summed E-state index contributed by atoms with van der Waals surface area (Å²) in [6, 6.07) is 8.03. The van der Waals surface area contributed by atoms with E-state index in [1.807, 2.05) is 4.90 Å². The number of hydrogen-bond acceptors (Lipinski definition) is 5. The number of rotatable bonds is 7. The molecule has 2 heterocycles. The van der Waals surface area contributed by atoms with Crippen molar-refractivity contribution < 1.29 is 13.9 Å². The number of unbranched alkanes of at least 4 members (excludes halogenated alkanes) is 2. The van der Waals surface area contributed by atoms with E-state index in [1.54, 1.807) is 24.3 Å². The van der Waals surface area contributed by atoms with Gasteiger partial charge in [0, 0.05) is 38.2 Å². The zero-order valence-electron chi connectivity index (χ0n) is 16.5. The molecule has 1 atom stereocenters. The fourth-order valence-electron chi connectivity index (χ4n) is 3.40. The Labute approximate surface area is 165 Å². The van der Waals surface area contributed by atoms with E-state index >= 15 is 0 Å². The zero-order valence-corrected chi connectivity index (χ0v) is 16.5. The first-order chi connectivity index (χ1) is 13.6. The normalized spacial score (nSPS) is 16.9. The molecule has 1 aliphatic heterocycles. The first-order valence-electron chi connectivity index (χ1n) is 9.87. The Bertz CT molecular complexity index is 801. The van der Waals surface area contributed by atoms with Crippen molar-refractivity contribution in [2.24, 2.45) is 0 Å². The van der Waals surface area contributed by atoms with Gasteiger partial charge in [0.15, 0.2) is 11.6 Å². The van der Waals surface area contributed by atoms with Gasteiger partial charge in [0.25, 0.3) is 0 Å². The Morgan fingerprint density at radius 3 is 2.82 bits per heavy atom. The monoisotopic (exact) mass is 386 g/mol. The molecule has 1 amide bonds. The Morgan fingerprint density at radius 1 is 1.25 bits per heavy atom. The summed E-state index contributed by atoms with van der Waals surface area (Å²) in [4.78, 5) is 24.9. The quantitative estimate of drug-likeness (QED) is 0.673. The minimum atomic E-state index is -0.438. The van der Waals surface area contributed by atoms with Gasteiger partial charge in [0.2, 0.25) is 11.8 Å². The SMILES string of the molecule is CCCCCC(=O)N1CCN(c2cc(Oc3ccccc3F)ncn2)CC1C. The highest BCUT2D eigenvalue weighted by Gasteiger charge is 2.27. The zero-order chi connectivity index (χ0) is 19.9. The Balaban J connectivity index is 1.62. The smallest absolute Gasteiger partial charge is 0.224 e. The van der Waals surface area contributed by atoms with Gasteiger partial charge < -0.3 is 14.5 Å². The van der Waals surface area contributed by atoms with E-state index in [4.69, 9.17) is 4.74 Å². The van der Waals surface area contributed by atoms with Gasteiger partial charge in [-0.1, -0.05) is 31.9 Å². The highest BCUT2D eigenvalue weighted by atomic mass is 19.1.